The minimum Gasteiger partial charge on any atom is -1.00 e. The summed E-state index contributed by atoms with van der Waals surface area (Å²) in [5, 5.41) is 0. The van der Waals surface area contributed by atoms with Crippen molar-refractivity contribution in [2.75, 3.05) is 19.0 Å². The Hall–Kier alpha value is -0.644. The minimum absolute atomic E-state index is 0. The molecule has 0 aliphatic carbocycles. The van der Waals surface area contributed by atoms with Gasteiger partial charge in [0.05, 0.1) is 5.92 Å². The first kappa shape index (κ1) is 22.6. The van der Waals surface area contributed by atoms with Crippen LogP contribution in [0.5, 0.6) is 0 Å². The Morgan fingerprint density at radius 3 is 2.43 bits per heavy atom. The quantitative estimate of drug-likeness (QED) is 0.287. The molecule has 0 heterocycles. The van der Waals surface area contributed by atoms with Crippen LogP contribution in [0.1, 0.15) is 29.5 Å². The summed E-state index contributed by atoms with van der Waals surface area (Å²) in [4.78, 5) is 22.8. The van der Waals surface area contributed by atoms with Gasteiger partial charge in [-0.2, -0.15) is 8.42 Å². The van der Waals surface area contributed by atoms with Crippen molar-refractivity contribution in [1.82, 2.24) is 0 Å². The van der Waals surface area contributed by atoms with Gasteiger partial charge in [0.2, 0.25) is 0 Å². The van der Waals surface area contributed by atoms with E-state index in [2.05, 4.69) is 0 Å². The topological polar surface area (TPSA) is 107 Å². The molecule has 7 nitrogen and oxygen atoms in total. The molecule has 1 unspecified atom stereocenters. The van der Waals surface area contributed by atoms with Crippen LogP contribution in [0.25, 0.3) is 0 Å². The van der Waals surface area contributed by atoms with Crippen LogP contribution in [0.3, 0.4) is 0 Å². The van der Waals surface area contributed by atoms with Gasteiger partial charge in [-0.15, -0.1) is 0 Å². The van der Waals surface area contributed by atoms with Crippen molar-refractivity contribution in [2.45, 2.75) is 26.7 Å². The second-order valence-corrected chi connectivity index (χ2v) is 5.64. The van der Waals surface area contributed by atoms with Gasteiger partial charge in [-0.05, 0) is 13.3 Å². The summed E-state index contributed by atoms with van der Waals surface area (Å²) in [5.41, 5.74) is 0. The molecule has 0 aromatic heterocycles. The fraction of sp³-hybridized carbons (Fsp3) is 0.667. The molecule has 0 aliphatic rings. The average Bonchev–Trinajstić information content (AvgIpc) is 2.33. The first-order chi connectivity index (χ1) is 9.30. The second kappa shape index (κ2) is 12.0. The number of ether oxygens (including phenoxy) is 2. The van der Waals surface area contributed by atoms with E-state index >= 15 is 0 Å². The maximum Gasteiger partial charge on any atom is 2.00 e. The Kier molecular flexibility index (Phi) is 12.9. The van der Waals surface area contributed by atoms with Crippen LogP contribution in [0.2, 0.25) is 0 Å². The normalized spacial score (nSPS) is 12.5. The van der Waals surface area contributed by atoms with E-state index in [0.29, 0.717) is 12.8 Å². The maximum absolute atomic E-state index is 11.7. The van der Waals surface area contributed by atoms with E-state index < -0.39 is 40.3 Å². The molecule has 0 saturated carbocycles. The number of allylic oxidation sites excluding steroid dienone is 1. The van der Waals surface area contributed by atoms with E-state index in [1.165, 1.54) is 12.2 Å². The second-order valence-electron chi connectivity index (χ2n) is 4.07. The van der Waals surface area contributed by atoms with Crippen molar-refractivity contribution in [3.8, 4) is 0 Å². The summed E-state index contributed by atoms with van der Waals surface area (Å²) in [6.45, 7) is 2.96. The first-order valence-corrected chi connectivity index (χ1v) is 7.82. The van der Waals surface area contributed by atoms with Crippen molar-refractivity contribution in [3.63, 3.8) is 0 Å². The van der Waals surface area contributed by atoms with Crippen LogP contribution in [0.15, 0.2) is 12.2 Å². The molecule has 120 valence electrons. The molecule has 1 N–H and O–H groups in total. The Bertz CT molecular complexity index is 454. The number of esters is 2. The summed E-state index contributed by atoms with van der Waals surface area (Å²) in [6, 6.07) is 0. The van der Waals surface area contributed by atoms with Gasteiger partial charge in [0.1, 0.15) is 19.0 Å². The van der Waals surface area contributed by atoms with Gasteiger partial charge >= 0.3 is 35.0 Å². The molecule has 0 aromatic carbocycles. The molecule has 21 heavy (non-hydrogen) atoms. The van der Waals surface area contributed by atoms with Gasteiger partial charge in [0, 0.05) is 6.08 Å². The Balaban J connectivity index is -0.000000602. The smallest absolute Gasteiger partial charge is 1.00 e. The predicted octanol–water partition coefficient (Wildman–Crippen LogP) is 0.797. The minimum atomic E-state index is -4.16. The van der Waals surface area contributed by atoms with Gasteiger partial charge in [-0.25, -0.2) is 4.79 Å². The van der Waals surface area contributed by atoms with Crippen LogP contribution < -0.4 is 0 Å². The molecule has 0 aromatic rings. The number of hydrogen-bond donors (Lipinski definition) is 1. The SMILES string of the molecule is CC=CC(=O)OCC(CCC)C(=O)OCCS(=O)(=O)O.[H-].[H-].[Mg+2]. The van der Waals surface area contributed by atoms with Crippen LogP contribution in [-0.4, -0.2) is 66.9 Å². The van der Waals surface area contributed by atoms with E-state index in [1.54, 1.807) is 6.92 Å². The fourth-order valence-electron chi connectivity index (χ4n) is 1.35. The Morgan fingerprint density at radius 2 is 1.95 bits per heavy atom. The molecule has 0 amide bonds. The average molecular weight is 335 g/mol. The molecule has 0 radical (unpaired) electrons. The summed E-state index contributed by atoms with van der Waals surface area (Å²) < 4.78 is 39.1. The summed E-state index contributed by atoms with van der Waals surface area (Å²) in [5.74, 6) is -2.51. The van der Waals surface area contributed by atoms with Crippen LogP contribution in [0, 0.1) is 5.92 Å². The summed E-state index contributed by atoms with van der Waals surface area (Å²) >= 11 is 0. The molecule has 0 aliphatic heterocycles. The molecule has 9 heteroatoms. The van der Waals surface area contributed by atoms with Crippen molar-refractivity contribution in [1.29, 1.82) is 0 Å². The van der Waals surface area contributed by atoms with Crippen LogP contribution >= 0.6 is 0 Å². The van der Waals surface area contributed by atoms with Gasteiger partial charge < -0.3 is 12.3 Å². The Morgan fingerprint density at radius 1 is 1.33 bits per heavy atom. The van der Waals surface area contributed by atoms with E-state index in [4.69, 9.17) is 14.0 Å². The van der Waals surface area contributed by atoms with Crippen molar-refractivity contribution < 1.29 is 34.9 Å². The molecule has 1 atom stereocenters. The molecule has 0 saturated heterocycles. The fourth-order valence-corrected chi connectivity index (χ4v) is 1.64. The van der Waals surface area contributed by atoms with E-state index in [0.717, 1.165) is 0 Å². The number of hydrogen-bond acceptors (Lipinski definition) is 6. The van der Waals surface area contributed by atoms with Crippen molar-refractivity contribution >= 4 is 45.1 Å². The van der Waals surface area contributed by atoms with Crippen LogP contribution in [-0.2, 0) is 29.2 Å². The predicted molar refractivity (Wildman–Crippen MR) is 79.5 cm³/mol. The van der Waals surface area contributed by atoms with Gasteiger partial charge in [0.15, 0.2) is 0 Å². The number of rotatable bonds is 9. The molecule has 0 fully saturated rings. The largest absolute Gasteiger partial charge is 2.00 e. The standard InChI is InChI=1S/C12H20O7S.Mg.2H/c1-3-5-10(9-19-11(13)6-4-2)12(14)18-7-8-20(15,16)17;;;/h4,6,10H,3,5,7-9H2,1-2H3,(H,15,16,17);;;/q;+2;2*-1. The van der Waals surface area contributed by atoms with Gasteiger partial charge in [-0.1, -0.05) is 19.4 Å². The van der Waals surface area contributed by atoms with E-state index in [9.17, 15) is 18.0 Å². The molecule has 0 rings (SSSR count). The monoisotopic (exact) mass is 334 g/mol. The maximum atomic E-state index is 11.7. The Labute approximate surface area is 143 Å². The van der Waals surface area contributed by atoms with Gasteiger partial charge in [0.25, 0.3) is 10.1 Å². The van der Waals surface area contributed by atoms with E-state index in [1.807, 2.05) is 6.92 Å². The zero-order valence-corrected chi connectivity index (χ0v) is 14.5. The van der Waals surface area contributed by atoms with Crippen molar-refractivity contribution in [3.05, 3.63) is 12.2 Å². The molecular formula is C12H22MgO7S. The number of carbonyl (C=O) groups is 2. The van der Waals surface area contributed by atoms with E-state index in [-0.39, 0.29) is 32.5 Å². The molecule has 0 bridgehead atoms. The molecular weight excluding hydrogens is 312 g/mol. The van der Waals surface area contributed by atoms with Crippen LogP contribution in [0.4, 0.5) is 0 Å². The third-order valence-corrected chi connectivity index (χ3v) is 2.97. The zero-order chi connectivity index (χ0) is 15.6. The zero-order valence-electron chi connectivity index (χ0n) is 14.3. The first-order valence-electron chi connectivity index (χ1n) is 6.21. The van der Waals surface area contributed by atoms with Crippen molar-refractivity contribution in [2.24, 2.45) is 5.92 Å². The third kappa shape index (κ3) is 12.8. The van der Waals surface area contributed by atoms with Gasteiger partial charge in [-0.3, -0.25) is 9.35 Å². The molecule has 0 spiro atoms. The summed E-state index contributed by atoms with van der Waals surface area (Å²) in [6.07, 6.45) is 3.88. The third-order valence-electron chi connectivity index (χ3n) is 2.29. The summed E-state index contributed by atoms with van der Waals surface area (Å²) in [7, 11) is -4.16. The number of carbonyl (C=O) groups excluding carboxylic acids is 2.